The zero-order valence-electron chi connectivity index (χ0n) is 17.0. The van der Waals surface area contributed by atoms with Gasteiger partial charge in [-0.3, -0.25) is 9.20 Å². The molecular formula is C20H20N6O4S. The fraction of sp³-hybridized carbons (Fsp3) is 0.200. The minimum absolute atomic E-state index is 0.136. The number of aromatic nitrogens is 4. The Labute approximate surface area is 178 Å². The molecule has 2 N–H and O–H groups in total. The molecule has 0 saturated heterocycles. The molecule has 31 heavy (non-hydrogen) atoms. The molecule has 3 heterocycles. The third-order valence-corrected chi connectivity index (χ3v) is 5.38. The predicted molar refractivity (Wildman–Crippen MR) is 114 cm³/mol. The van der Waals surface area contributed by atoms with E-state index >= 15 is 0 Å². The van der Waals surface area contributed by atoms with Crippen LogP contribution in [-0.4, -0.2) is 40.1 Å². The van der Waals surface area contributed by atoms with Crippen LogP contribution in [0.25, 0.3) is 17.0 Å². The molecule has 0 radical (unpaired) electrons. The summed E-state index contributed by atoms with van der Waals surface area (Å²) in [5.41, 5.74) is 3.13. The first-order valence-corrected chi connectivity index (χ1v) is 11.3. The molecule has 1 aromatic carbocycles. The van der Waals surface area contributed by atoms with E-state index in [0.717, 1.165) is 11.8 Å². The monoisotopic (exact) mass is 440 g/mol. The summed E-state index contributed by atoms with van der Waals surface area (Å²) >= 11 is 0. The van der Waals surface area contributed by atoms with E-state index in [1.807, 2.05) is 31.2 Å². The van der Waals surface area contributed by atoms with Gasteiger partial charge in [-0.25, -0.2) is 18.1 Å². The first-order valence-electron chi connectivity index (χ1n) is 9.36. The van der Waals surface area contributed by atoms with Crippen LogP contribution in [0.15, 0.2) is 53.3 Å². The second-order valence-corrected chi connectivity index (χ2v) is 8.90. The van der Waals surface area contributed by atoms with E-state index in [9.17, 15) is 13.2 Å². The molecule has 3 aromatic heterocycles. The molecule has 0 aliphatic carbocycles. The van der Waals surface area contributed by atoms with E-state index in [2.05, 4.69) is 25.2 Å². The quantitative estimate of drug-likeness (QED) is 0.471. The molecule has 10 nitrogen and oxygen atoms in total. The second-order valence-electron chi connectivity index (χ2n) is 7.12. The van der Waals surface area contributed by atoms with Crippen molar-refractivity contribution in [1.29, 1.82) is 0 Å². The van der Waals surface area contributed by atoms with Crippen molar-refractivity contribution < 1.29 is 17.7 Å². The zero-order chi connectivity index (χ0) is 22.2. The zero-order valence-corrected chi connectivity index (χ0v) is 17.8. The number of nitrogens with one attached hydrogen (secondary N) is 2. The number of benzene rings is 1. The van der Waals surface area contributed by atoms with E-state index < -0.39 is 16.1 Å². The van der Waals surface area contributed by atoms with Crippen molar-refractivity contribution in [1.82, 2.24) is 24.2 Å². The van der Waals surface area contributed by atoms with E-state index in [4.69, 9.17) is 4.52 Å². The van der Waals surface area contributed by atoms with Crippen LogP contribution >= 0.6 is 0 Å². The van der Waals surface area contributed by atoms with Gasteiger partial charge >= 0.3 is 0 Å². The van der Waals surface area contributed by atoms with Crippen molar-refractivity contribution in [2.45, 2.75) is 19.9 Å². The lowest BCUT2D eigenvalue weighted by molar-refractivity contribution is 0.102. The normalized spacial score (nSPS) is 12.7. The van der Waals surface area contributed by atoms with Crippen LogP contribution in [0.4, 0.5) is 5.69 Å². The van der Waals surface area contributed by atoms with Gasteiger partial charge in [0.15, 0.2) is 0 Å². The molecule has 4 aromatic rings. The minimum atomic E-state index is -3.42. The molecule has 1 unspecified atom stereocenters. The molecule has 11 heteroatoms. The standard InChI is InChI=1S/C20H20N6O4S/c1-12-7-8-14(18-23-20(30-24-18)13(2)25-31(3,28)29)10-15(12)22-19(27)16-11-21-17-6-4-5-9-26(16)17/h4-11,13,25H,1-3H3,(H,22,27). The Morgan fingerprint density at radius 1 is 1.23 bits per heavy atom. The molecule has 0 aliphatic heterocycles. The van der Waals surface area contributed by atoms with Crippen LogP contribution in [0.5, 0.6) is 0 Å². The average molecular weight is 440 g/mol. The van der Waals surface area contributed by atoms with Gasteiger partial charge < -0.3 is 9.84 Å². The highest BCUT2D eigenvalue weighted by atomic mass is 32.2. The number of rotatable bonds is 6. The highest BCUT2D eigenvalue weighted by Gasteiger charge is 2.19. The second kappa shape index (κ2) is 7.93. The number of anilines is 1. The summed E-state index contributed by atoms with van der Waals surface area (Å²) in [6.45, 7) is 3.47. The maximum atomic E-state index is 12.8. The predicted octanol–water partition coefficient (Wildman–Crippen LogP) is 2.56. The van der Waals surface area contributed by atoms with Gasteiger partial charge in [0.05, 0.1) is 18.5 Å². The number of carbonyl (C=O) groups excluding carboxylic acids is 1. The number of amides is 1. The lowest BCUT2D eigenvalue weighted by Gasteiger charge is -2.09. The van der Waals surface area contributed by atoms with Crippen LogP contribution in [0.3, 0.4) is 0 Å². The molecule has 0 fully saturated rings. The summed E-state index contributed by atoms with van der Waals surface area (Å²) in [7, 11) is -3.42. The minimum Gasteiger partial charge on any atom is -0.337 e. The van der Waals surface area contributed by atoms with Gasteiger partial charge in [-0.05, 0) is 37.6 Å². The SMILES string of the molecule is Cc1ccc(-c2noc(C(C)NS(C)(=O)=O)n2)cc1NC(=O)c1cnc2ccccn12. The van der Waals surface area contributed by atoms with Crippen LogP contribution in [0, 0.1) is 6.92 Å². The summed E-state index contributed by atoms with van der Waals surface area (Å²) < 4.78 is 32.1. The number of nitrogens with zero attached hydrogens (tertiary/aromatic N) is 4. The third-order valence-electron chi connectivity index (χ3n) is 4.60. The average Bonchev–Trinajstić information content (AvgIpc) is 3.36. The topological polar surface area (TPSA) is 131 Å². The Morgan fingerprint density at radius 2 is 2.03 bits per heavy atom. The highest BCUT2D eigenvalue weighted by Crippen LogP contribution is 2.25. The molecule has 160 valence electrons. The summed E-state index contributed by atoms with van der Waals surface area (Å²) in [5.74, 6) is 0.110. The lowest BCUT2D eigenvalue weighted by Crippen LogP contribution is -2.25. The van der Waals surface area contributed by atoms with E-state index in [0.29, 0.717) is 22.6 Å². The number of aryl methyl sites for hydroxylation is 1. The Bertz CT molecular complexity index is 1380. The number of hydrogen-bond donors (Lipinski definition) is 2. The molecule has 0 spiro atoms. The molecule has 1 atom stereocenters. The van der Waals surface area contributed by atoms with E-state index in [1.165, 1.54) is 6.20 Å². The number of carbonyl (C=O) groups is 1. The highest BCUT2D eigenvalue weighted by molar-refractivity contribution is 7.88. The largest absolute Gasteiger partial charge is 0.337 e. The Balaban J connectivity index is 1.59. The molecule has 0 aliphatic rings. The molecular weight excluding hydrogens is 420 g/mol. The summed E-state index contributed by atoms with van der Waals surface area (Å²) in [4.78, 5) is 21.3. The first-order chi connectivity index (χ1) is 14.7. The van der Waals surface area contributed by atoms with Crippen LogP contribution < -0.4 is 10.0 Å². The van der Waals surface area contributed by atoms with Crippen LogP contribution in [0.1, 0.15) is 34.9 Å². The summed E-state index contributed by atoms with van der Waals surface area (Å²) in [5, 5.41) is 6.83. The van der Waals surface area contributed by atoms with Gasteiger partial charge in [-0.15, -0.1) is 0 Å². The van der Waals surface area contributed by atoms with Crippen molar-refractivity contribution in [3.8, 4) is 11.4 Å². The Hall–Kier alpha value is -3.57. The van der Waals surface area contributed by atoms with Gasteiger partial charge in [0.2, 0.25) is 21.7 Å². The number of fused-ring (bicyclic) bond motifs is 1. The van der Waals surface area contributed by atoms with E-state index in [-0.39, 0.29) is 17.6 Å². The lowest BCUT2D eigenvalue weighted by atomic mass is 10.1. The molecule has 4 rings (SSSR count). The maximum Gasteiger partial charge on any atom is 0.274 e. The van der Waals surface area contributed by atoms with Gasteiger partial charge in [-0.1, -0.05) is 23.4 Å². The third kappa shape index (κ3) is 4.47. The number of sulfonamides is 1. The van der Waals surface area contributed by atoms with Crippen LogP contribution in [-0.2, 0) is 10.0 Å². The van der Waals surface area contributed by atoms with E-state index in [1.54, 1.807) is 29.7 Å². The number of imidazole rings is 1. The van der Waals surface area contributed by atoms with Gasteiger partial charge in [0.25, 0.3) is 5.91 Å². The fourth-order valence-electron chi connectivity index (χ4n) is 3.08. The number of pyridine rings is 1. The summed E-state index contributed by atoms with van der Waals surface area (Å²) in [6, 6.07) is 10.2. The Kier molecular flexibility index (Phi) is 5.29. The van der Waals surface area contributed by atoms with Crippen molar-refractivity contribution in [3.05, 3.63) is 65.9 Å². The van der Waals surface area contributed by atoms with Gasteiger partial charge in [-0.2, -0.15) is 4.98 Å². The molecule has 1 amide bonds. The maximum absolute atomic E-state index is 12.8. The van der Waals surface area contributed by atoms with Crippen molar-refractivity contribution in [3.63, 3.8) is 0 Å². The smallest absolute Gasteiger partial charge is 0.274 e. The molecule has 0 bridgehead atoms. The van der Waals surface area contributed by atoms with Crippen molar-refractivity contribution in [2.24, 2.45) is 0 Å². The van der Waals surface area contributed by atoms with Gasteiger partial charge in [0.1, 0.15) is 11.3 Å². The summed E-state index contributed by atoms with van der Waals surface area (Å²) in [6.07, 6.45) is 4.35. The van der Waals surface area contributed by atoms with Crippen LogP contribution in [0.2, 0.25) is 0 Å². The molecule has 0 saturated carbocycles. The van der Waals surface area contributed by atoms with Crippen molar-refractivity contribution >= 4 is 27.3 Å². The van der Waals surface area contributed by atoms with Gasteiger partial charge in [0, 0.05) is 17.4 Å². The Morgan fingerprint density at radius 3 is 2.81 bits per heavy atom. The van der Waals surface area contributed by atoms with Crippen molar-refractivity contribution in [2.75, 3.05) is 11.6 Å². The fourth-order valence-corrected chi connectivity index (χ4v) is 3.83. The first kappa shape index (κ1) is 20.7. The number of hydrogen-bond acceptors (Lipinski definition) is 7.